The zero-order valence-corrected chi connectivity index (χ0v) is 22.7. The summed E-state index contributed by atoms with van der Waals surface area (Å²) in [7, 11) is 0. The third-order valence-corrected chi connectivity index (χ3v) is 8.03. The van der Waals surface area contributed by atoms with Crippen molar-refractivity contribution in [3.8, 4) is 0 Å². The molecule has 1 N–H and O–H groups in total. The van der Waals surface area contributed by atoms with Crippen molar-refractivity contribution in [2.24, 2.45) is 0 Å². The van der Waals surface area contributed by atoms with Crippen molar-refractivity contribution in [2.45, 2.75) is 62.9 Å². The minimum absolute atomic E-state index is 0.0411. The molecule has 0 aromatic heterocycles. The van der Waals surface area contributed by atoms with Gasteiger partial charge in [0.15, 0.2) is 0 Å². The fraction of sp³-hybridized carbons (Fsp3) is 0.355. The van der Waals surface area contributed by atoms with Crippen LogP contribution in [-0.4, -0.2) is 34.6 Å². The van der Waals surface area contributed by atoms with Crippen molar-refractivity contribution in [3.63, 3.8) is 0 Å². The Labute approximate surface area is 229 Å². The van der Waals surface area contributed by atoms with Gasteiger partial charge in [-0.1, -0.05) is 104 Å². The molecule has 1 aliphatic rings. The van der Waals surface area contributed by atoms with Crippen LogP contribution in [0, 0.1) is 0 Å². The standard InChI is InChI=1S/C31H35ClN2O2S/c32-27-16-10-15-26(19-27)21-34(30(35)23-37-22-25-13-6-2-7-14-25)29(20-24-11-4-1-5-12-24)31(36)33-28-17-8-3-9-18-28/h1-2,4-7,10-16,19,28-29H,3,8-9,17-18,20-23H2,(H,33,36). The normalized spacial score (nSPS) is 14.6. The lowest BCUT2D eigenvalue weighted by atomic mass is 9.94. The number of thioether (sulfide) groups is 1. The number of nitrogens with zero attached hydrogens (tertiary/aromatic N) is 1. The first-order valence-corrected chi connectivity index (χ1v) is 14.6. The van der Waals surface area contributed by atoms with Crippen LogP contribution in [0.1, 0.15) is 48.8 Å². The van der Waals surface area contributed by atoms with Crippen LogP contribution in [0.4, 0.5) is 0 Å². The van der Waals surface area contributed by atoms with Crippen LogP contribution < -0.4 is 5.32 Å². The fourth-order valence-corrected chi connectivity index (χ4v) is 5.93. The largest absolute Gasteiger partial charge is 0.352 e. The molecule has 3 aromatic carbocycles. The lowest BCUT2D eigenvalue weighted by Crippen LogP contribution is -2.53. The highest BCUT2D eigenvalue weighted by molar-refractivity contribution is 7.99. The predicted molar refractivity (Wildman–Crippen MR) is 154 cm³/mol. The number of carbonyl (C=O) groups excluding carboxylic acids is 2. The van der Waals surface area contributed by atoms with E-state index in [0.29, 0.717) is 23.7 Å². The minimum atomic E-state index is -0.604. The van der Waals surface area contributed by atoms with Crippen molar-refractivity contribution in [1.29, 1.82) is 0 Å². The van der Waals surface area contributed by atoms with Crippen molar-refractivity contribution in [2.75, 3.05) is 5.75 Å². The second kappa shape index (κ2) is 14.3. The maximum absolute atomic E-state index is 13.8. The molecule has 37 heavy (non-hydrogen) atoms. The van der Waals surface area contributed by atoms with Gasteiger partial charge in [0.1, 0.15) is 6.04 Å². The van der Waals surface area contributed by atoms with Crippen molar-refractivity contribution in [1.82, 2.24) is 10.2 Å². The zero-order chi connectivity index (χ0) is 25.9. The molecule has 2 amide bonds. The predicted octanol–water partition coefficient (Wildman–Crippen LogP) is 6.66. The smallest absolute Gasteiger partial charge is 0.243 e. The van der Waals surface area contributed by atoms with E-state index in [1.165, 1.54) is 12.0 Å². The van der Waals surface area contributed by atoms with Crippen LogP contribution in [0.3, 0.4) is 0 Å². The summed E-state index contributed by atoms with van der Waals surface area (Å²) in [6.45, 7) is 0.334. The van der Waals surface area contributed by atoms with Gasteiger partial charge in [-0.15, -0.1) is 11.8 Å². The Morgan fingerprint density at radius 2 is 1.51 bits per heavy atom. The Balaban J connectivity index is 1.56. The summed E-state index contributed by atoms with van der Waals surface area (Å²) in [6, 6.07) is 27.2. The highest BCUT2D eigenvalue weighted by Gasteiger charge is 2.31. The monoisotopic (exact) mass is 534 g/mol. The van der Waals surface area contributed by atoms with Crippen molar-refractivity contribution in [3.05, 3.63) is 107 Å². The third-order valence-electron chi connectivity index (χ3n) is 6.80. The molecule has 3 aromatic rings. The Morgan fingerprint density at radius 1 is 0.865 bits per heavy atom. The van der Waals surface area contributed by atoms with Gasteiger partial charge >= 0.3 is 0 Å². The number of hydrogen-bond donors (Lipinski definition) is 1. The van der Waals surface area contributed by atoms with Crippen LogP contribution in [-0.2, 0) is 28.3 Å². The zero-order valence-electron chi connectivity index (χ0n) is 21.2. The first-order valence-electron chi connectivity index (χ1n) is 13.1. The summed E-state index contributed by atoms with van der Waals surface area (Å²) in [4.78, 5) is 29.3. The van der Waals surface area contributed by atoms with E-state index < -0.39 is 6.04 Å². The van der Waals surface area contributed by atoms with Crippen molar-refractivity contribution < 1.29 is 9.59 Å². The van der Waals surface area contributed by atoms with Gasteiger partial charge in [-0.3, -0.25) is 9.59 Å². The van der Waals surface area contributed by atoms with E-state index >= 15 is 0 Å². The molecule has 1 saturated carbocycles. The molecule has 1 aliphatic carbocycles. The van der Waals surface area contributed by atoms with Crippen LogP contribution in [0.2, 0.25) is 5.02 Å². The van der Waals surface area contributed by atoms with E-state index in [1.807, 2.05) is 72.8 Å². The van der Waals surface area contributed by atoms with Gasteiger partial charge in [0.25, 0.3) is 0 Å². The number of hydrogen-bond acceptors (Lipinski definition) is 3. The van der Waals surface area contributed by atoms with Gasteiger partial charge in [-0.2, -0.15) is 0 Å². The molecule has 0 heterocycles. The number of halogens is 1. The van der Waals surface area contributed by atoms with E-state index in [-0.39, 0.29) is 17.9 Å². The lowest BCUT2D eigenvalue weighted by molar-refractivity contribution is -0.139. The Morgan fingerprint density at radius 3 is 2.19 bits per heavy atom. The summed E-state index contributed by atoms with van der Waals surface area (Å²) in [6.07, 6.45) is 5.95. The van der Waals surface area contributed by atoms with Gasteiger partial charge < -0.3 is 10.2 Å². The Kier molecular flexibility index (Phi) is 10.5. The molecule has 0 spiro atoms. The van der Waals surface area contributed by atoms with E-state index in [0.717, 1.165) is 42.6 Å². The fourth-order valence-electron chi connectivity index (χ4n) is 4.84. The van der Waals surface area contributed by atoms with Gasteiger partial charge in [0.05, 0.1) is 5.75 Å². The second-order valence-electron chi connectivity index (χ2n) is 9.68. The number of amides is 2. The molecule has 6 heteroatoms. The van der Waals surface area contributed by atoms with Crippen LogP contribution in [0.15, 0.2) is 84.9 Å². The number of nitrogens with one attached hydrogen (secondary N) is 1. The number of rotatable bonds is 11. The van der Waals surface area contributed by atoms with Crippen LogP contribution in [0.25, 0.3) is 0 Å². The van der Waals surface area contributed by atoms with Gasteiger partial charge in [0, 0.05) is 29.8 Å². The van der Waals surface area contributed by atoms with Gasteiger partial charge in [-0.25, -0.2) is 0 Å². The Hall–Kier alpha value is -2.76. The maximum atomic E-state index is 13.8. The molecule has 4 nitrogen and oxygen atoms in total. The molecule has 0 radical (unpaired) electrons. The van der Waals surface area contributed by atoms with E-state index in [2.05, 4.69) is 17.4 Å². The molecule has 194 valence electrons. The Bertz CT molecular complexity index is 1140. The molecular formula is C31H35ClN2O2S. The molecule has 1 unspecified atom stereocenters. The van der Waals surface area contributed by atoms with E-state index in [4.69, 9.17) is 11.6 Å². The second-order valence-corrected chi connectivity index (χ2v) is 11.1. The first kappa shape index (κ1) is 27.3. The average Bonchev–Trinajstić information content (AvgIpc) is 2.92. The molecule has 0 bridgehead atoms. The van der Waals surface area contributed by atoms with Gasteiger partial charge in [0.2, 0.25) is 11.8 Å². The van der Waals surface area contributed by atoms with Crippen molar-refractivity contribution >= 4 is 35.2 Å². The summed E-state index contributed by atoms with van der Waals surface area (Å²) in [5.74, 6) is 0.937. The maximum Gasteiger partial charge on any atom is 0.243 e. The summed E-state index contributed by atoms with van der Waals surface area (Å²) < 4.78 is 0. The molecular weight excluding hydrogens is 500 g/mol. The highest BCUT2D eigenvalue weighted by Crippen LogP contribution is 2.22. The number of benzene rings is 3. The van der Waals surface area contributed by atoms with E-state index in [1.54, 1.807) is 16.7 Å². The molecule has 1 fully saturated rings. The molecule has 1 atom stereocenters. The van der Waals surface area contributed by atoms with E-state index in [9.17, 15) is 9.59 Å². The van der Waals surface area contributed by atoms with Crippen LogP contribution in [0.5, 0.6) is 0 Å². The first-order chi connectivity index (χ1) is 18.1. The van der Waals surface area contributed by atoms with Gasteiger partial charge in [-0.05, 0) is 41.7 Å². The summed E-state index contributed by atoms with van der Waals surface area (Å²) in [5.41, 5.74) is 3.13. The van der Waals surface area contributed by atoms with Crippen LogP contribution >= 0.6 is 23.4 Å². The minimum Gasteiger partial charge on any atom is -0.352 e. The topological polar surface area (TPSA) is 49.4 Å². The highest BCUT2D eigenvalue weighted by atomic mass is 35.5. The number of carbonyl (C=O) groups is 2. The average molecular weight is 535 g/mol. The summed E-state index contributed by atoms with van der Waals surface area (Å²) in [5, 5.41) is 3.91. The molecule has 0 aliphatic heterocycles. The quantitative estimate of drug-likeness (QED) is 0.299. The molecule has 0 saturated heterocycles. The third kappa shape index (κ3) is 8.65. The summed E-state index contributed by atoms with van der Waals surface area (Å²) >= 11 is 7.85. The lowest BCUT2D eigenvalue weighted by Gasteiger charge is -2.33. The SMILES string of the molecule is O=C(NC1CCCCC1)C(Cc1ccccc1)N(Cc1cccc(Cl)c1)C(=O)CSCc1ccccc1. The molecule has 4 rings (SSSR count).